The van der Waals surface area contributed by atoms with Crippen LogP contribution in [0.3, 0.4) is 0 Å². The fraction of sp³-hybridized carbons (Fsp3) is 0.200. The summed E-state index contributed by atoms with van der Waals surface area (Å²) in [4.78, 5) is 15.4. The molecule has 1 aromatic heterocycles. The Morgan fingerprint density at radius 3 is 1.48 bits per heavy atom. The van der Waals surface area contributed by atoms with Crippen LogP contribution in [0, 0.1) is 29.1 Å². The Morgan fingerprint density at radius 2 is 0.926 bits per heavy atom. The number of hydrogen-bond donors (Lipinski definition) is 0. The largest absolute Gasteiger partial charge is 0.208 e. The van der Waals surface area contributed by atoms with Crippen LogP contribution >= 0.6 is 0 Å². The molecule has 4 heteroatoms. The van der Waals surface area contributed by atoms with Crippen molar-refractivity contribution in [1.82, 2.24) is 15.0 Å². The van der Waals surface area contributed by atoms with Crippen molar-refractivity contribution >= 4 is 0 Å². The van der Waals surface area contributed by atoms with Crippen LogP contribution in [-0.2, 0) is 5.41 Å². The second-order valence-electron chi connectivity index (χ2n) is 15.8. The molecule has 0 radical (unpaired) electrons. The number of aromatic nitrogens is 3. The Kier molecular flexibility index (Phi) is 8.02. The Labute approximate surface area is 317 Å². The summed E-state index contributed by atoms with van der Waals surface area (Å²) in [6.45, 7) is 0. The first-order valence-corrected chi connectivity index (χ1v) is 19.3. The first-order chi connectivity index (χ1) is 26.6. The summed E-state index contributed by atoms with van der Waals surface area (Å²) < 4.78 is 0. The molecule has 4 fully saturated rings. The van der Waals surface area contributed by atoms with Gasteiger partial charge in [0.05, 0.1) is 11.6 Å². The molecule has 4 saturated carbocycles. The second-order valence-corrected chi connectivity index (χ2v) is 15.8. The molecular formula is C50H40N4. The third kappa shape index (κ3) is 5.81. The van der Waals surface area contributed by atoms with Gasteiger partial charge in [0.25, 0.3) is 0 Å². The molecule has 11 rings (SSSR count). The van der Waals surface area contributed by atoms with Crippen molar-refractivity contribution in [1.29, 1.82) is 5.26 Å². The summed E-state index contributed by atoms with van der Waals surface area (Å²) >= 11 is 0. The van der Waals surface area contributed by atoms with Gasteiger partial charge in [0.1, 0.15) is 0 Å². The normalized spacial score (nSPS) is 21.1. The average Bonchev–Trinajstić information content (AvgIpc) is 3.23. The zero-order valence-electron chi connectivity index (χ0n) is 30.2. The van der Waals surface area contributed by atoms with Gasteiger partial charge in [0.2, 0.25) is 0 Å². The Bertz CT molecular complexity index is 2420. The Morgan fingerprint density at radius 1 is 0.444 bits per heavy atom. The van der Waals surface area contributed by atoms with Gasteiger partial charge in [-0.05, 0) is 113 Å². The van der Waals surface area contributed by atoms with E-state index in [4.69, 9.17) is 15.0 Å². The third-order valence-corrected chi connectivity index (χ3v) is 12.3. The minimum absolute atomic E-state index is 0.335. The molecule has 54 heavy (non-hydrogen) atoms. The highest BCUT2D eigenvalue weighted by Gasteiger charge is 2.51. The molecule has 7 aromatic rings. The molecule has 0 spiro atoms. The minimum atomic E-state index is 0.335. The summed E-state index contributed by atoms with van der Waals surface area (Å²) in [5.74, 6) is 4.54. The van der Waals surface area contributed by atoms with E-state index in [1.54, 1.807) is 0 Å². The van der Waals surface area contributed by atoms with Crippen LogP contribution < -0.4 is 0 Å². The molecule has 4 bridgehead atoms. The van der Waals surface area contributed by atoms with Crippen LogP contribution in [0.15, 0.2) is 152 Å². The van der Waals surface area contributed by atoms with Crippen molar-refractivity contribution in [3.05, 3.63) is 163 Å². The maximum atomic E-state index is 10.1. The van der Waals surface area contributed by atoms with Crippen LogP contribution in [0.5, 0.6) is 0 Å². The summed E-state index contributed by atoms with van der Waals surface area (Å²) in [6.07, 6.45) is 8.37. The van der Waals surface area contributed by atoms with E-state index in [-0.39, 0.29) is 0 Å². The number of hydrogen-bond acceptors (Lipinski definition) is 4. The second kappa shape index (κ2) is 13.3. The predicted octanol–water partition coefficient (Wildman–Crippen LogP) is 12.2. The summed E-state index contributed by atoms with van der Waals surface area (Å²) in [5, 5.41) is 10.1. The maximum absolute atomic E-state index is 10.1. The zero-order valence-corrected chi connectivity index (χ0v) is 30.2. The Balaban J connectivity index is 1.20. The number of benzene rings is 6. The first-order valence-electron chi connectivity index (χ1n) is 19.3. The third-order valence-electron chi connectivity index (χ3n) is 12.3. The average molecular weight is 697 g/mol. The van der Waals surface area contributed by atoms with Gasteiger partial charge in [-0.1, -0.05) is 133 Å². The van der Waals surface area contributed by atoms with E-state index in [1.165, 1.54) is 44.1 Å². The SMILES string of the molecule is N#Cc1cccc(-c2c(-c3ccc(C45CC6CC(CC(C6)C4)C5)cc3)ccc(-c3nc(-c4ccccc4)nc(-c4ccccc4)n3)c2-c2ccccc2)c1. The molecule has 0 unspecified atom stereocenters. The minimum Gasteiger partial charge on any atom is -0.208 e. The monoisotopic (exact) mass is 696 g/mol. The van der Waals surface area contributed by atoms with Crippen LogP contribution in [0.25, 0.3) is 67.5 Å². The fourth-order valence-electron chi connectivity index (χ4n) is 10.4. The summed E-state index contributed by atoms with van der Waals surface area (Å²) in [6, 6.07) is 55.1. The molecule has 1 heterocycles. The molecule has 0 amide bonds. The number of nitriles is 1. The maximum Gasteiger partial charge on any atom is 0.164 e. The van der Waals surface area contributed by atoms with E-state index in [0.717, 1.165) is 67.8 Å². The van der Waals surface area contributed by atoms with Crippen LogP contribution in [-0.4, -0.2) is 15.0 Å². The molecule has 6 aromatic carbocycles. The van der Waals surface area contributed by atoms with Crippen molar-refractivity contribution < 1.29 is 0 Å². The van der Waals surface area contributed by atoms with Crippen molar-refractivity contribution in [2.24, 2.45) is 17.8 Å². The zero-order chi connectivity index (χ0) is 36.1. The van der Waals surface area contributed by atoms with Gasteiger partial charge in [-0.3, -0.25) is 0 Å². The summed E-state index contributed by atoms with van der Waals surface area (Å²) in [5.41, 5.74) is 11.6. The van der Waals surface area contributed by atoms with E-state index < -0.39 is 0 Å². The number of nitrogens with zero attached hydrogens (tertiary/aromatic N) is 4. The lowest BCUT2D eigenvalue weighted by atomic mass is 9.48. The highest BCUT2D eigenvalue weighted by atomic mass is 15.0. The Hall–Kier alpha value is -6.18. The van der Waals surface area contributed by atoms with Gasteiger partial charge in [-0.2, -0.15) is 5.26 Å². The molecule has 4 aliphatic rings. The molecule has 0 aliphatic heterocycles. The van der Waals surface area contributed by atoms with Crippen LogP contribution in [0.1, 0.15) is 49.7 Å². The fourth-order valence-corrected chi connectivity index (χ4v) is 10.4. The van der Waals surface area contributed by atoms with E-state index in [2.05, 4.69) is 78.9 Å². The van der Waals surface area contributed by atoms with E-state index in [9.17, 15) is 5.26 Å². The van der Waals surface area contributed by atoms with Gasteiger partial charge < -0.3 is 0 Å². The first kappa shape index (κ1) is 32.5. The highest BCUT2D eigenvalue weighted by molar-refractivity contribution is 6.01. The number of rotatable bonds is 7. The van der Waals surface area contributed by atoms with Gasteiger partial charge in [-0.15, -0.1) is 0 Å². The molecule has 4 aliphatic carbocycles. The molecule has 0 N–H and O–H groups in total. The molecule has 0 atom stereocenters. The van der Waals surface area contributed by atoms with E-state index in [0.29, 0.717) is 28.5 Å². The highest BCUT2D eigenvalue weighted by Crippen LogP contribution is 2.61. The molecular weight excluding hydrogens is 657 g/mol. The standard InChI is InChI=1S/C50H40N4/c51-32-33-11-10-18-41(28-33)46-43(37-19-21-42(22-20-37)50-29-34-25-35(30-50)27-36(26-34)31-50)23-24-44(45(46)38-12-4-1-5-13-38)49-53-47(39-14-6-2-7-15-39)52-48(54-49)40-16-8-3-9-17-40/h1-24,28,34-36H,25-27,29-31H2. The van der Waals surface area contributed by atoms with Gasteiger partial charge in [-0.25, -0.2) is 15.0 Å². The van der Waals surface area contributed by atoms with Crippen LogP contribution in [0.2, 0.25) is 0 Å². The van der Waals surface area contributed by atoms with Crippen LogP contribution in [0.4, 0.5) is 0 Å². The summed E-state index contributed by atoms with van der Waals surface area (Å²) in [7, 11) is 0. The lowest BCUT2D eigenvalue weighted by Gasteiger charge is -2.57. The van der Waals surface area contributed by atoms with Crippen molar-refractivity contribution in [3.63, 3.8) is 0 Å². The van der Waals surface area contributed by atoms with Crippen molar-refractivity contribution in [2.75, 3.05) is 0 Å². The molecule has 0 saturated heterocycles. The van der Waals surface area contributed by atoms with Gasteiger partial charge in [0, 0.05) is 22.3 Å². The van der Waals surface area contributed by atoms with E-state index in [1.807, 2.05) is 78.9 Å². The lowest BCUT2D eigenvalue weighted by Crippen LogP contribution is -2.48. The quantitative estimate of drug-likeness (QED) is 0.166. The van der Waals surface area contributed by atoms with Crippen molar-refractivity contribution in [2.45, 2.75) is 43.9 Å². The molecule has 4 nitrogen and oxygen atoms in total. The van der Waals surface area contributed by atoms with Gasteiger partial charge >= 0.3 is 0 Å². The lowest BCUT2D eigenvalue weighted by molar-refractivity contribution is -0.00518. The predicted molar refractivity (Wildman–Crippen MR) is 217 cm³/mol. The van der Waals surface area contributed by atoms with E-state index >= 15 is 0 Å². The van der Waals surface area contributed by atoms with Crippen molar-refractivity contribution in [3.8, 4) is 73.6 Å². The topological polar surface area (TPSA) is 62.5 Å². The molecule has 260 valence electrons. The van der Waals surface area contributed by atoms with Gasteiger partial charge in [0.15, 0.2) is 17.5 Å². The smallest absolute Gasteiger partial charge is 0.164 e.